The monoisotopic (exact) mass is 276 g/mol. The maximum Gasteiger partial charge on any atom is 0.333 e. The van der Waals surface area contributed by atoms with Gasteiger partial charge in [-0.05, 0) is 13.8 Å². The summed E-state index contributed by atoms with van der Waals surface area (Å²) < 4.78 is 32.2. The molecule has 1 unspecified atom stereocenters. The standard InChI is InChI=1S/C7H18O7P2/c1-3-13-16(12,14-4-2)6-7(8)5-15(9,10)11/h7-8H,3-6H2,1-2H3,(H2,9,10,11). The summed E-state index contributed by atoms with van der Waals surface area (Å²) >= 11 is 0. The molecule has 3 N–H and O–H groups in total. The molecule has 0 saturated heterocycles. The number of rotatable bonds is 8. The summed E-state index contributed by atoms with van der Waals surface area (Å²) in [4.78, 5) is 17.2. The molecule has 1 atom stereocenters. The zero-order valence-electron chi connectivity index (χ0n) is 9.27. The number of aliphatic hydroxyl groups is 1. The van der Waals surface area contributed by atoms with E-state index >= 15 is 0 Å². The SMILES string of the molecule is CCOP(=O)(CC(O)CP(=O)(O)O)OCC. The van der Waals surface area contributed by atoms with Crippen LogP contribution in [0.5, 0.6) is 0 Å². The highest BCUT2D eigenvalue weighted by Gasteiger charge is 2.31. The topological polar surface area (TPSA) is 113 Å². The first-order valence-corrected chi connectivity index (χ1v) is 8.35. The van der Waals surface area contributed by atoms with Gasteiger partial charge in [0.15, 0.2) is 0 Å². The molecule has 7 nitrogen and oxygen atoms in total. The predicted molar refractivity (Wildman–Crippen MR) is 58.6 cm³/mol. The molecule has 9 heteroatoms. The highest BCUT2D eigenvalue weighted by molar-refractivity contribution is 7.54. The second-order valence-electron chi connectivity index (χ2n) is 3.13. The molecule has 0 aliphatic heterocycles. The van der Waals surface area contributed by atoms with Crippen LogP contribution in [0.3, 0.4) is 0 Å². The van der Waals surface area contributed by atoms with E-state index in [1.165, 1.54) is 0 Å². The zero-order valence-corrected chi connectivity index (χ0v) is 11.1. The van der Waals surface area contributed by atoms with Crippen molar-refractivity contribution in [1.29, 1.82) is 0 Å². The molecule has 0 bridgehead atoms. The van der Waals surface area contributed by atoms with E-state index in [-0.39, 0.29) is 13.2 Å². The van der Waals surface area contributed by atoms with Crippen molar-refractivity contribution >= 4 is 15.2 Å². The highest BCUT2D eigenvalue weighted by atomic mass is 31.2. The van der Waals surface area contributed by atoms with Gasteiger partial charge < -0.3 is 23.9 Å². The lowest BCUT2D eigenvalue weighted by Gasteiger charge is -2.20. The molecule has 0 aliphatic carbocycles. The summed E-state index contributed by atoms with van der Waals surface area (Å²) in [5.41, 5.74) is 0. The fourth-order valence-corrected chi connectivity index (χ4v) is 3.73. The van der Waals surface area contributed by atoms with Crippen molar-refractivity contribution in [1.82, 2.24) is 0 Å². The second kappa shape index (κ2) is 6.87. The van der Waals surface area contributed by atoms with Crippen LogP contribution in [-0.4, -0.2) is 46.5 Å². The Kier molecular flexibility index (Phi) is 6.98. The number of hydrogen-bond acceptors (Lipinski definition) is 5. The van der Waals surface area contributed by atoms with Crippen molar-refractivity contribution in [2.24, 2.45) is 0 Å². The van der Waals surface area contributed by atoms with Gasteiger partial charge in [0.2, 0.25) is 0 Å². The Morgan fingerprint density at radius 1 is 1.06 bits per heavy atom. The minimum absolute atomic E-state index is 0.139. The molecule has 0 heterocycles. The summed E-state index contributed by atoms with van der Waals surface area (Å²) in [5, 5.41) is 9.35. The van der Waals surface area contributed by atoms with Gasteiger partial charge in [-0.25, -0.2) is 0 Å². The highest BCUT2D eigenvalue weighted by Crippen LogP contribution is 2.49. The molecule has 0 fully saturated rings. The summed E-state index contributed by atoms with van der Waals surface area (Å²) in [6, 6.07) is 0. The molecule has 16 heavy (non-hydrogen) atoms. The Labute approximate surface area is 94.5 Å². The Morgan fingerprint density at radius 3 is 1.81 bits per heavy atom. The lowest BCUT2D eigenvalue weighted by molar-refractivity contribution is 0.178. The van der Waals surface area contributed by atoms with Gasteiger partial charge in [-0.1, -0.05) is 0 Å². The van der Waals surface area contributed by atoms with Crippen molar-refractivity contribution in [3.63, 3.8) is 0 Å². The third kappa shape index (κ3) is 7.52. The molecule has 0 radical (unpaired) electrons. The Bertz CT molecular complexity index is 276. The molecule has 0 aromatic heterocycles. The Hall–Kier alpha value is 0.260. The third-order valence-electron chi connectivity index (χ3n) is 1.53. The van der Waals surface area contributed by atoms with Crippen LogP contribution < -0.4 is 0 Å². The fraction of sp³-hybridized carbons (Fsp3) is 1.00. The molecular formula is C7H18O7P2. The van der Waals surface area contributed by atoms with Gasteiger partial charge >= 0.3 is 15.2 Å². The smallest absolute Gasteiger partial charge is 0.333 e. The van der Waals surface area contributed by atoms with E-state index in [0.29, 0.717) is 0 Å². The van der Waals surface area contributed by atoms with Gasteiger partial charge in [0.05, 0.1) is 31.6 Å². The average molecular weight is 276 g/mol. The predicted octanol–water partition coefficient (Wildman–Crippen LogP) is 0.791. The van der Waals surface area contributed by atoms with E-state index in [4.69, 9.17) is 18.8 Å². The lowest BCUT2D eigenvalue weighted by atomic mass is 10.5. The van der Waals surface area contributed by atoms with E-state index < -0.39 is 33.6 Å². The second-order valence-corrected chi connectivity index (χ2v) is 6.93. The van der Waals surface area contributed by atoms with Crippen molar-refractivity contribution in [3.8, 4) is 0 Å². The van der Waals surface area contributed by atoms with Crippen LogP contribution in [-0.2, 0) is 18.2 Å². The van der Waals surface area contributed by atoms with Crippen LogP contribution in [0.2, 0.25) is 0 Å². The van der Waals surface area contributed by atoms with E-state index in [2.05, 4.69) is 0 Å². The van der Waals surface area contributed by atoms with E-state index in [9.17, 15) is 14.2 Å². The first-order chi connectivity index (χ1) is 7.22. The van der Waals surface area contributed by atoms with Gasteiger partial charge in [0.25, 0.3) is 0 Å². The maximum absolute atomic E-state index is 11.9. The normalized spacial score (nSPS) is 15.1. The van der Waals surface area contributed by atoms with Crippen LogP contribution in [0.15, 0.2) is 0 Å². The largest absolute Gasteiger partial charge is 0.392 e. The van der Waals surface area contributed by atoms with Crippen LogP contribution >= 0.6 is 15.2 Å². The van der Waals surface area contributed by atoms with Crippen LogP contribution in [0.4, 0.5) is 0 Å². The van der Waals surface area contributed by atoms with Crippen LogP contribution in [0.25, 0.3) is 0 Å². The van der Waals surface area contributed by atoms with Crippen LogP contribution in [0, 0.1) is 0 Å². The quantitative estimate of drug-likeness (QED) is 0.561. The Balaban J connectivity index is 4.40. The van der Waals surface area contributed by atoms with E-state index in [1.807, 2.05) is 0 Å². The summed E-state index contributed by atoms with van der Waals surface area (Å²) in [7, 11) is -7.78. The fourth-order valence-electron chi connectivity index (χ4n) is 1.13. The maximum atomic E-state index is 11.9. The molecule has 0 saturated carbocycles. The molecular weight excluding hydrogens is 258 g/mol. The third-order valence-corrected chi connectivity index (χ3v) is 4.60. The molecule has 0 aromatic carbocycles. The van der Waals surface area contributed by atoms with Crippen molar-refractivity contribution in [2.45, 2.75) is 20.0 Å². The van der Waals surface area contributed by atoms with Gasteiger partial charge in [-0.15, -0.1) is 0 Å². The number of aliphatic hydroxyl groups excluding tert-OH is 1. The number of hydrogen-bond donors (Lipinski definition) is 3. The molecule has 0 spiro atoms. The summed E-state index contributed by atoms with van der Waals surface area (Å²) in [6.07, 6.45) is -2.58. The van der Waals surface area contributed by atoms with E-state index in [1.54, 1.807) is 13.8 Å². The van der Waals surface area contributed by atoms with E-state index in [0.717, 1.165) is 0 Å². The van der Waals surface area contributed by atoms with Gasteiger partial charge in [-0.3, -0.25) is 9.13 Å². The first-order valence-electron chi connectivity index (χ1n) is 4.83. The minimum Gasteiger partial charge on any atom is -0.392 e. The van der Waals surface area contributed by atoms with Gasteiger partial charge in [0, 0.05) is 0 Å². The average Bonchev–Trinajstić information content (AvgIpc) is 1.99. The molecule has 0 rings (SSSR count). The lowest BCUT2D eigenvalue weighted by Crippen LogP contribution is -2.19. The molecule has 98 valence electrons. The molecule has 0 aliphatic rings. The molecule has 0 amide bonds. The minimum atomic E-state index is -4.33. The van der Waals surface area contributed by atoms with Crippen molar-refractivity contribution in [3.05, 3.63) is 0 Å². The Morgan fingerprint density at radius 2 is 1.50 bits per heavy atom. The first kappa shape index (κ1) is 16.3. The van der Waals surface area contributed by atoms with Gasteiger partial charge in [-0.2, -0.15) is 0 Å². The van der Waals surface area contributed by atoms with Crippen LogP contribution in [0.1, 0.15) is 13.8 Å². The van der Waals surface area contributed by atoms with Crippen molar-refractivity contribution in [2.75, 3.05) is 25.5 Å². The zero-order chi connectivity index (χ0) is 12.8. The summed E-state index contributed by atoms with van der Waals surface area (Å²) in [6.45, 7) is 3.50. The summed E-state index contributed by atoms with van der Waals surface area (Å²) in [5.74, 6) is 0. The van der Waals surface area contributed by atoms with Crippen molar-refractivity contribution < 1.29 is 33.1 Å². The molecule has 0 aromatic rings. The van der Waals surface area contributed by atoms with Gasteiger partial charge in [0.1, 0.15) is 0 Å².